The summed E-state index contributed by atoms with van der Waals surface area (Å²) < 4.78 is 4.81. The van der Waals surface area contributed by atoms with Crippen molar-refractivity contribution in [2.75, 3.05) is 26.2 Å². The maximum absolute atomic E-state index is 12.8. The number of hydrogen-bond donors (Lipinski definition) is 0. The smallest absolute Gasteiger partial charge is 0.253 e. The van der Waals surface area contributed by atoms with Crippen LogP contribution in [0.25, 0.3) is 0 Å². The summed E-state index contributed by atoms with van der Waals surface area (Å²) in [5, 5.41) is 0. The normalized spacial score (nSPS) is 22.5. The van der Waals surface area contributed by atoms with Gasteiger partial charge in [-0.1, -0.05) is 30.3 Å². The molecule has 0 bridgehead atoms. The van der Waals surface area contributed by atoms with Crippen molar-refractivity contribution in [2.24, 2.45) is 5.41 Å². The van der Waals surface area contributed by atoms with E-state index < -0.39 is 9.75 Å². The van der Waals surface area contributed by atoms with E-state index in [1.807, 2.05) is 42.5 Å². The minimum absolute atomic E-state index is 0.0282. The number of rotatable bonds is 5. The van der Waals surface area contributed by atoms with Crippen molar-refractivity contribution < 1.29 is 14.3 Å². The Morgan fingerprint density at radius 2 is 1.50 bits per heavy atom. The lowest BCUT2D eigenvalue weighted by atomic mass is 10.1. The van der Waals surface area contributed by atoms with Crippen LogP contribution in [0, 0.1) is 5.41 Å². The molecule has 2 fully saturated rings. The highest BCUT2D eigenvalue weighted by molar-refractivity contribution is 6.53. The first kappa shape index (κ1) is 21.0. The molecule has 0 aromatic heterocycles. The van der Waals surface area contributed by atoms with E-state index in [0.29, 0.717) is 50.5 Å². The van der Waals surface area contributed by atoms with Crippen LogP contribution >= 0.6 is 23.2 Å². The molecular weight excluding hydrogens is 423 g/mol. The van der Waals surface area contributed by atoms with Crippen LogP contribution in [0.1, 0.15) is 29.3 Å². The number of alkyl halides is 2. The highest BCUT2D eigenvalue weighted by Gasteiger charge is 2.68. The van der Waals surface area contributed by atoms with Gasteiger partial charge in [-0.05, 0) is 43.2 Å². The summed E-state index contributed by atoms with van der Waals surface area (Å²) >= 11 is 12.3. The van der Waals surface area contributed by atoms with E-state index in [0.717, 1.165) is 5.56 Å². The van der Waals surface area contributed by atoms with Gasteiger partial charge in [-0.15, -0.1) is 23.2 Å². The zero-order valence-electron chi connectivity index (χ0n) is 16.8. The van der Waals surface area contributed by atoms with Crippen LogP contribution in [0.4, 0.5) is 0 Å². The van der Waals surface area contributed by atoms with Gasteiger partial charge in [0.05, 0.1) is 5.41 Å². The van der Waals surface area contributed by atoms with Crippen molar-refractivity contribution >= 4 is 35.0 Å². The summed E-state index contributed by atoms with van der Waals surface area (Å²) in [5.74, 6) is 0.645. The Morgan fingerprint density at radius 3 is 2.07 bits per heavy atom. The number of piperazine rings is 1. The summed E-state index contributed by atoms with van der Waals surface area (Å²) in [6.45, 7) is 4.24. The summed E-state index contributed by atoms with van der Waals surface area (Å²) in [6.07, 6.45) is 0.472. The molecule has 30 heavy (non-hydrogen) atoms. The standard InChI is InChI=1S/C23H24Cl2N2O3/c1-22(16-23(22,24)25)21(29)27-13-11-26(12-14-27)20(28)18-7-9-19(10-8-18)30-15-17-5-3-2-4-6-17/h2-10H,11-16H2,1H3. The van der Waals surface area contributed by atoms with Crippen LogP contribution < -0.4 is 4.74 Å². The van der Waals surface area contributed by atoms with Gasteiger partial charge in [-0.3, -0.25) is 9.59 Å². The first-order chi connectivity index (χ1) is 14.3. The highest BCUT2D eigenvalue weighted by Crippen LogP contribution is 2.64. The van der Waals surface area contributed by atoms with Crippen molar-refractivity contribution in [1.82, 2.24) is 9.80 Å². The van der Waals surface area contributed by atoms with Crippen LogP contribution in [0.15, 0.2) is 54.6 Å². The maximum atomic E-state index is 12.8. The molecule has 0 N–H and O–H groups in total. The Morgan fingerprint density at radius 1 is 0.933 bits per heavy atom. The molecule has 1 aliphatic heterocycles. The Hall–Kier alpha value is -2.24. The summed E-state index contributed by atoms with van der Waals surface area (Å²) in [6, 6.07) is 17.1. The largest absolute Gasteiger partial charge is 0.489 e. The van der Waals surface area contributed by atoms with E-state index in [2.05, 4.69) is 0 Å². The number of ether oxygens (including phenoxy) is 1. The van der Waals surface area contributed by atoms with Crippen molar-refractivity contribution in [3.05, 3.63) is 65.7 Å². The van der Waals surface area contributed by atoms with Crippen LogP contribution in [0.5, 0.6) is 5.75 Å². The monoisotopic (exact) mass is 446 g/mol. The van der Waals surface area contributed by atoms with Crippen molar-refractivity contribution in [2.45, 2.75) is 24.3 Å². The van der Waals surface area contributed by atoms with Crippen LogP contribution in [0.2, 0.25) is 0 Å². The predicted molar refractivity (Wildman–Crippen MR) is 117 cm³/mol. The number of hydrogen-bond acceptors (Lipinski definition) is 3. The second kappa shape index (κ2) is 8.12. The van der Waals surface area contributed by atoms with E-state index in [1.165, 1.54) is 0 Å². The molecule has 4 rings (SSSR count). The molecule has 7 heteroatoms. The minimum Gasteiger partial charge on any atom is -0.489 e. The molecule has 1 aliphatic carbocycles. The molecule has 1 unspecified atom stereocenters. The van der Waals surface area contributed by atoms with Gasteiger partial charge >= 0.3 is 0 Å². The third-order valence-corrected chi connectivity index (χ3v) is 7.04. The third kappa shape index (κ3) is 4.14. The molecule has 0 radical (unpaired) electrons. The Labute approximate surface area is 186 Å². The number of carbonyl (C=O) groups excluding carboxylic acids is 2. The molecule has 1 saturated carbocycles. The maximum Gasteiger partial charge on any atom is 0.253 e. The van der Waals surface area contributed by atoms with E-state index in [4.69, 9.17) is 27.9 Å². The molecule has 158 valence electrons. The first-order valence-electron chi connectivity index (χ1n) is 10.0. The van der Waals surface area contributed by atoms with E-state index in [-0.39, 0.29) is 11.8 Å². The second-order valence-corrected chi connectivity index (χ2v) is 9.58. The van der Waals surface area contributed by atoms with Crippen LogP contribution in [-0.2, 0) is 11.4 Å². The van der Waals surface area contributed by atoms with Crippen LogP contribution in [0.3, 0.4) is 0 Å². The highest BCUT2D eigenvalue weighted by atomic mass is 35.5. The van der Waals surface area contributed by atoms with Crippen molar-refractivity contribution in [1.29, 1.82) is 0 Å². The summed E-state index contributed by atoms with van der Waals surface area (Å²) in [4.78, 5) is 29.0. The lowest BCUT2D eigenvalue weighted by Crippen LogP contribution is -2.52. The fraction of sp³-hybridized carbons (Fsp3) is 0.391. The molecule has 2 aromatic carbocycles. The van der Waals surface area contributed by atoms with Gasteiger partial charge in [-0.2, -0.15) is 0 Å². The molecule has 2 aromatic rings. The minimum atomic E-state index is -0.971. The molecule has 5 nitrogen and oxygen atoms in total. The third-order valence-electron chi connectivity index (χ3n) is 5.93. The molecule has 0 spiro atoms. The zero-order valence-corrected chi connectivity index (χ0v) is 18.3. The number of nitrogens with zero attached hydrogens (tertiary/aromatic N) is 2. The van der Waals surface area contributed by atoms with E-state index in [9.17, 15) is 9.59 Å². The lowest BCUT2D eigenvalue weighted by Gasteiger charge is -2.36. The SMILES string of the molecule is CC1(C(=O)N2CCN(C(=O)c3ccc(OCc4ccccc4)cc3)CC2)CC1(Cl)Cl. The molecule has 1 atom stereocenters. The fourth-order valence-electron chi connectivity index (χ4n) is 3.71. The number of halogens is 2. The summed E-state index contributed by atoms with van der Waals surface area (Å²) in [5.41, 5.74) is 0.986. The van der Waals surface area contributed by atoms with Gasteiger partial charge in [0.25, 0.3) is 5.91 Å². The van der Waals surface area contributed by atoms with E-state index in [1.54, 1.807) is 28.9 Å². The fourth-order valence-corrected chi connectivity index (χ4v) is 4.41. The van der Waals surface area contributed by atoms with Gasteiger partial charge in [-0.25, -0.2) is 0 Å². The Kier molecular flexibility index (Phi) is 5.69. The molecule has 1 saturated heterocycles. The average molecular weight is 447 g/mol. The van der Waals surface area contributed by atoms with Crippen molar-refractivity contribution in [3.8, 4) is 5.75 Å². The molecule has 1 heterocycles. The Balaban J connectivity index is 1.29. The number of amides is 2. The first-order valence-corrected chi connectivity index (χ1v) is 10.8. The van der Waals surface area contributed by atoms with Gasteiger partial charge in [0.15, 0.2) is 0 Å². The van der Waals surface area contributed by atoms with Gasteiger partial charge in [0.1, 0.15) is 16.7 Å². The topological polar surface area (TPSA) is 49.9 Å². The molecular formula is C23H24Cl2N2O3. The second-order valence-electron chi connectivity index (χ2n) is 8.10. The number of carbonyl (C=O) groups is 2. The van der Waals surface area contributed by atoms with Gasteiger partial charge in [0.2, 0.25) is 5.91 Å². The van der Waals surface area contributed by atoms with Crippen LogP contribution in [-0.4, -0.2) is 52.1 Å². The molecule has 2 aliphatic rings. The quantitative estimate of drug-likeness (QED) is 0.648. The number of benzene rings is 2. The zero-order chi connectivity index (χ0) is 21.4. The Bertz CT molecular complexity index is 925. The lowest BCUT2D eigenvalue weighted by molar-refractivity contribution is -0.137. The van der Waals surface area contributed by atoms with Gasteiger partial charge in [0, 0.05) is 31.7 Å². The predicted octanol–water partition coefficient (Wildman–Crippen LogP) is 4.13. The van der Waals surface area contributed by atoms with E-state index >= 15 is 0 Å². The average Bonchev–Trinajstić information content (AvgIpc) is 3.31. The molecule has 2 amide bonds. The summed E-state index contributed by atoms with van der Waals surface area (Å²) in [7, 11) is 0. The van der Waals surface area contributed by atoms with Crippen molar-refractivity contribution in [3.63, 3.8) is 0 Å². The van der Waals surface area contributed by atoms with Gasteiger partial charge < -0.3 is 14.5 Å².